The van der Waals surface area contributed by atoms with E-state index >= 15 is 0 Å². The summed E-state index contributed by atoms with van der Waals surface area (Å²) in [6, 6.07) is 9.59. The lowest BCUT2D eigenvalue weighted by Crippen LogP contribution is -2.09. The highest BCUT2D eigenvalue weighted by Crippen LogP contribution is 2.19. The normalized spacial score (nSPS) is 11.7. The van der Waals surface area contributed by atoms with Gasteiger partial charge in [0.25, 0.3) is 0 Å². The van der Waals surface area contributed by atoms with E-state index in [4.69, 9.17) is 5.41 Å². The highest BCUT2D eigenvalue weighted by Gasteiger charge is 2.13. The van der Waals surface area contributed by atoms with Crippen molar-refractivity contribution in [1.82, 2.24) is 19.9 Å². The van der Waals surface area contributed by atoms with Crippen LogP contribution in [0.3, 0.4) is 0 Å². The van der Waals surface area contributed by atoms with Gasteiger partial charge in [0.15, 0.2) is 5.65 Å². The summed E-state index contributed by atoms with van der Waals surface area (Å²) in [4.78, 5) is 4.46. The molecule has 0 unspecified atom stereocenters. The Hall–Kier alpha value is -3.02. The van der Waals surface area contributed by atoms with E-state index < -0.39 is 0 Å². The second-order valence-corrected chi connectivity index (χ2v) is 5.34. The SMILES string of the molecule is CCc1cn2nc(/C(=C/NC)C(=N)c3ccc(F)cc3)ccc2n1. The molecule has 0 radical (unpaired) electrons. The smallest absolute Gasteiger partial charge is 0.153 e. The van der Waals surface area contributed by atoms with Gasteiger partial charge < -0.3 is 5.32 Å². The minimum Gasteiger partial charge on any atom is -0.393 e. The van der Waals surface area contributed by atoms with Crippen LogP contribution in [-0.2, 0) is 6.42 Å². The van der Waals surface area contributed by atoms with Crippen molar-refractivity contribution in [2.75, 3.05) is 7.05 Å². The Bertz CT molecular complexity index is 909. The first-order valence-corrected chi connectivity index (χ1v) is 7.70. The van der Waals surface area contributed by atoms with Crippen LogP contribution in [0, 0.1) is 11.2 Å². The number of aromatic nitrogens is 3. The quantitative estimate of drug-likeness (QED) is 0.709. The Morgan fingerprint density at radius 2 is 2.00 bits per heavy atom. The summed E-state index contributed by atoms with van der Waals surface area (Å²) in [7, 11) is 1.77. The Morgan fingerprint density at radius 3 is 2.67 bits per heavy atom. The summed E-state index contributed by atoms with van der Waals surface area (Å²) in [6.45, 7) is 2.04. The molecule has 1 aromatic carbocycles. The molecule has 122 valence electrons. The van der Waals surface area contributed by atoms with Crippen LogP contribution < -0.4 is 5.32 Å². The molecule has 5 nitrogen and oxygen atoms in total. The number of halogens is 1. The first-order valence-electron chi connectivity index (χ1n) is 7.70. The van der Waals surface area contributed by atoms with Crippen LogP contribution in [0.2, 0.25) is 0 Å². The Kier molecular flexibility index (Phi) is 4.37. The maximum Gasteiger partial charge on any atom is 0.153 e. The van der Waals surface area contributed by atoms with E-state index in [9.17, 15) is 4.39 Å². The maximum atomic E-state index is 13.1. The fourth-order valence-corrected chi connectivity index (χ4v) is 2.44. The van der Waals surface area contributed by atoms with E-state index in [-0.39, 0.29) is 11.5 Å². The van der Waals surface area contributed by atoms with Crippen LogP contribution in [0.5, 0.6) is 0 Å². The standard InChI is InChI=1S/C18H18FN5/c1-3-14-11-24-17(22-14)9-8-16(23-24)15(10-21-2)18(20)12-4-6-13(19)7-5-12/h4-11,20-21H,3H2,1-2H3/b15-10-,20-18?. The zero-order valence-corrected chi connectivity index (χ0v) is 13.5. The number of benzene rings is 1. The third-order valence-electron chi connectivity index (χ3n) is 3.70. The molecule has 3 rings (SSSR count). The van der Waals surface area contributed by atoms with E-state index in [1.54, 1.807) is 29.9 Å². The highest BCUT2D eigenvalue weighted by molar-refractivity contribution is 6.29. The summed E-state index contributed by atoms with van der Waals surface area (Å²) < 4.78 is 14.8. The molecule has 0 aliphatic carbocycles. The molecule has 2 heterocycles. The Labute approximate surface area is 139 Å². The molecule has 2 N–H and O–H groups in total. The van der Waals surface area contributed by atoms with Crippen LogP contribution in [0.15, 0.2) is 48.8 Å². The molecule has 6 heteroatoms. The van der Waals surface area contributed by atoms with Gasteiger partial charge in [0.2, 0.25) is 0 Å². The van der Waals surface area contributed by atoms with Crippen molar-refractivity contribution < 1.29 is 4.39 Å². The van der Waals surface area contributed by atoms with Gasteiger partial charge in [-0.3, -0.25) is 5.41 Å². The van der Waals surface area contributed by atoms with Crippen LogP contribution in [0.25, 0.3) is 11.2 Å². The van der Waals surface area contributed by atoms with Crippen molar-refractivity contribution in [1.29, 1.82) is 5.41 Å². The summed E-state index contributed by atoms with van der Waals surface area (Å²) >= 11 is 0. The minimum absolute atomic E-state index is 0.270. The number of nitrogens with zero attached hydrogens (tertiary/aromatic N) is 3. The van der Waals surface area contributed by atoms with Gasteiger partial charge in [0.05, 0.1) is 23.3 Å². The van der Waals surface area contributed by atoms with Crippen molar-refractivity contribution in [3.05, 3.63) is 71.6 Å². The van der Waals surface area contributed by atoms with Gasteiger partial charge >= 0.3 is 0 Å². The Balaban J connectivity index is 2.03. The fraction of sp³-hybridized carbons (Fsp3) is 0.167. The van der Waals surface area contributed by atoms with Crippen molar-refractivity contribution in [2.45, 2.75) is 13.3 Å². The highest BCUT2D eigenvalue weighted by atomic mass is 19.1. The van der Waals surface area contributed by atoms with Crippen molar-refractivity contribution in [3.8, 4) is 0 Å². The number of nitrogens with one attached hydrogen (secondary N) is 2. The van der Waals surface area contributed by atoms with Gasteiger partial charge in [-0.1, -0.05) is 6.92 Å². The number of imidazole rings is 1. The molecule has 24 heavy (non-hydrogen) atoms. The molecule has 0 fully saturated rings. The first-order chi connectivity index (χ1) is 11.6. The summed E-state index contributed by atoms with van der Waals surface area (Å²) in [5.74, 6) is -0.323. The zero-order valence-electron chi connectivity index (χ0n) is 13.5. The molecular formula is C18H18FN5. The molecule has 0 amide bonds. The van der Waals surface area contributed by atoms with Crippen LogP contribution in [-0.4, -0.2) is 27.4 Å². The molecule has 0 aliphatic heterocycles. The van der Waals surface area contributed by atoms with E-state index in [1.807, 2.05) is 25.3 Å². The topological polar surface area (TPSA) is 66.1 Å². The predicted octanol–water partition coefficient (Wildman–Crippen LogP) is 3.06. The lowest BCUT2D eigenvalue weighted by atomic mass is 10.0. The van der Waals surface area contributed by atoms with Gasteiger partial charge in [0, 0.05) is 24.4 Å². The van der Waals surface area contributed by atoms with E-state index in [0.29, 0.717) is 16.8 Å². The molecule has 0 saturated heterocycles. The number of allylic oxidation sites excluding steroid dienone is 1. The van der Waals surface area contributed by atoms with Gasteiger partial charge in [-0.25, -0.2) is 13.9 Å². The third-order valence-corrected chi connectivity index (χ3v) is 3.70. The molecular weight excluding hydrogens is 305 g/mol. The largest absolute Gasteiger partial charge is 0.393 e. The molecule has 0 spiro atoms. The second-order valence-electron chi connectivity index (χ2n) is 5.34. The summed E-state index contributed by atoms with van der Waals surface area (Å²) in [5.41, 5.74) is 3.90. The number of rotatable bonds is 5. The van der Waals surface area contributed by atoms with Gasteiger partial charge in [-0.2, -0.15) is 5.10 Å². The van der Waals surface area contributed by atoms with Crippen LogP contribution >= 0.6 is 0 Å². The van der Waals surface area contributed by atoms with Crippen molar-refractivity contribution >= 4 is 16.9 Å². The molecule has 2 aromatic heterocycles. The van der Waals surface area contributed by atoms with Gasteiger partial charge in [-0.15, -0.1) is 0 Å². The molecule has 0 atom stereocenters. The van der Waals surface area contributed by atoms with Crippen LogP contribution in [0.4, 0.5) is 4.39 Å². The van der Waals surface area contributed by atoms with E-state index in [0.717, 1.165) is 17.8 Å². The fourth-order valence-electron chi connectivity index (χ4n) is 2.44. The molecule has 0 saturated carbocycles. The number of hydrogen-bond donors (Lipinski definition) is 2. The van der Waals surface area contributed by atoms with Gasteiger partial charge in [0.1, 0.15) is 5.82 Å². The average molecular weight is 323 g/mol. The summed E-state index contributed by atoms with van der Waals surface area (Å²) in [5, 5.41) is 16.0. The van der Waals surface area contributed by atoms with Crippen molar-refractivity contribution in [3.63, 3.8) is 0 Å². The number of aryl methyl sites for hydroxylation is 1. The zero-order chi connectivity index (χ0) is 17.1. The predicted molar refractivity (Wildman–Crippen MR) is 92.6 cm³/mol. The minimum atomic E-state index is -0.323. The lowest BCUT2D eigenvalue weighted by Gasteiger charge is -2.10. The Morgan fingerprint density at radius 1 is 1.25 bits per heavy atom. The monoisotopic (exact) mass is 323 g/mol. The van der Waals surface area contributed by atoms with Gasteiger partial charge in [-0.05, 0) is 42.8 Å². The lowest BCUT2D eigenvalue weighted by molar-refractivity contribution is 0.628. The summed E-state index contributed by atoms with van der Waals surface area (Å²) in [6.07, 6.45) is 4.44. The number of hydrogen-bond acceptors (Lipinski definition) is 4. The second kappa shape index (κ2) is 6.62. The first kappa shape index (κ1) is 15.9. The molecule has 0 aliphatic rings. The van der Waals surface area contributed by atoms with E-state index in [1.165, 1.54) is 12.1 Å². The van der Waals surface area contributed by atoms with E-state index in [2.05, 4.69) is 15.4 Å². The van der Waals surface area contributed by atoms with Crippen molar-refractivity contribution in [2.24, 2.45) is 0 Å². The molecule has 3 aromatic rings. The average Bonchev–Trinajstić information content (AvgIpc) is 3.02. The third kappa shape index (κ3) is 3.03. The molecule has 0 bridgehead atoms. The number of fused-ring (bicyclic) bond motifs is 1. The maximum absolute atomic E-state index is 13.1. The van der Waals surface area contributed by atoms with Crippen LogP contribution in [0.1, 0.15) is 23.9 Å².